The van der Waals surface area contributed by atoms with Crippen LogP contribution in [0.5, 0.6) is 11.5 Å². The standard InChI is InChI=1S/C26H31NO7/c1-5-33-24-14-19(10-13-23(24)31-3)21-15-20(34-16(2)28)11-12-22(21)27-25(29)17-6-8-18(9-7-17)26(30)32-4/h6-10,13-14,20-22H,5,11-12,15H2,1-4H3,(H,27,29). The van der Waals surface area contributed by atoms with Crippen molar-refractivity contribution in [1.29, 1.82) is 0 Å². The van der Waals surface area contributed by atoms with Crippen LogP contribution in [0.1, 0.15) is 65.3 Å². The molecule has 8 heteroatoms. The molecule has 1 saturated carbocycles. The zero-order valence-corrected chi connectivity index (χ0v) is 20.0. The Bertz CT molecular complexity index is 1020. The molecular weight excluding hydrogens is 438 g/mol. The Hall–Kier alpha value is -3.55. The van der Waals surface area contributed by atoms with Gasteiger partial charge in [-0.3, -0.25) is 9.59 Å². The van der Waals surface area contributed by atoms with Crippen LogP contribution in [0.2, 0.25) is 0 Å². The molecule has 1 fully saturated rings. The van der Waals surface area contributed by atoms with Gasteiger partial charge in [0, 0.05) is 24.4 Å². The minimum absolute atomic E-state index is 0.0958. The minimum Gasteiger partial charge on any atom is -0.493 e. The lowest BCUT2D eigenvalue weighted by Gasteiger charge is -2.36. The Morgan fingerprint density at radius 2 is 1.68 bits per heavy atom. The third-order valence-corrected chi connectivity index (χ3v) is 5.94. The summed E-state index contributed by atoms with van der Waals surface area (Å²) in [5, 5.41) is 3.13. The Labute approximate surface area is 199 Å². The number of esters is 2. The van der Waals surface area contributed by atoms with Gasteiger partial charge in [-0.25, -0.2) is 4.79 Å². The van der Waals surface area contributed by atoms with Crippen LogP contribution in [0.25, 0.3) is 0 Å². The van der Waals surface area contributed by atoms with Crippen molar-refractivity contribution in [3.63, 3.8) is 0 Å². The van der Waals surface area contributed by atoms with Crippen molar-refractivity contribution in [2.75, 3.05) is 20.8 Å². The summed E-state index contributed by atoms with van der Waals surface area (Å²) in [6.07, 6.45) is 1.64. The van der Waals surface area contributed by atoms with Gasteiger partial charge in [0.05, 0.1) is 26.4 Å². The van der Waals surface area contributed by atoms with E-state index in [9.17, 15) is 14.4 Å². The van der Waals surface area contributed by atoms with Crippen molar-refractivity contribution < 1.29 is 33.3 Å². The maximum Gasteiger partial charge on any atom is 0.337 e. The maximum absolute atomic E-state index is 13.0. The molecule has 0 aromatic heterocycles. The number of methoxy groups -OCH3 is 2. The van der Waals surface area contributed by atoms with Gasteiger partial charge in [0.25, 0.3) is 5.91 Å². The van der Waals surface area contributed by atoms with Crippen LogP contribution >= 0.6 is 0 Å². The van der Waals surface area contributed by atoms with E-state index in [4.69, 9.17) is 18.9 Å². The summed E-state index contributed by atoms with van der Waals surface area (Å²) in [7, 11) is 2.90. The van der Waals surface area contributed by atoms with Gasteiger partial charge in [-0.15, -0.1) is 0 Å². The van der Waals surface area contributed by atoms with Crippen molar-refractivity contribution >= 4 is 17.8 Å². The normalized spacial score (nSPS) is 19.6. The fourth-order valence-corrected chi connectivity index (χ4v) is 4.33. The molecule has 1 N–H and O–H groups in total. The number of amides is 1. The molecule has 2 aromatic rings. The zero-order chi connectivity index (χ0) is 24.7. The number of rotatable bonds is 8. The lowest BCUT2D eigenvalue weighted by atomic mass is 9.78. The topological polar surface area (TPSA) is 100 Å². The molecule has 8 nitrogen and oxygen atoms in total. The molecule has 0 bridgehead atoms. The van der Waals surface area contributed by atoms with Crippen molar-refractivity contribution in [2.45, 2.75) is 51.2 Å². The third kappa shape index (κ3) is 6.07. The summed E-state index contributed by atoms with van der Waals surface area (Å²) < 4.78 is 21.3. The summed E-state index contributed by atoms with van der Waals surface area (Å²) >= 11 is 0. The fourth-order valence-electron chi connectivity index (χ4n) is 4.33. The monoisotopic (exact) mass is 469 g/mol. The Kier molecular flexibility index (Phi) is 8.51. The van der Waals surface area contributed by atoms with Gasteiger partial charge in [0.15, 0.2) is 11.5 Å². The second-order valence-electron chi connectivity index (χ2n) is 8.14. The Morgan fingerprint density at radius 1 is 0.971 bits per heavy atom. The molecule has 3 unspecified atom stereocenters. The van der Waals surface area contributed by atoms with Gasteiger partial charge in [-0.1, -0.05) is 6.07 Å². The first-order valence-electron chi connectivity index (χ1n) is 11.3. The van der Waals surface area contributed by atoms with Crippen molar-refractivity contribution in [1.82, 2.24) is 5.32 Å². The number of hydrogen-bond donors (Lipinski definition) is 1. The second kappa shape index (κ2) is 11.5. The molecule has 182 valence electrons. The number of nitrogens with one attached hydrogen (secondary N) is 1. The van der Waals surface area contributed by atoms with Gasteiger partial charge < -0.3 is 24.3 Å². The fraction of sp³-hybridized carbons (Fsp3) is 0.423. The lowest BCUT2D eigenvalue weighted by molar-refractivity contribution is -0.148. The van der Waals surface area contributed by atoms with Crippen LogP contribution in [-0.2, 0) is 14.3 Å². The van der Waals surface area contributed by atoms with Crippen LogP contribution in [0.4, 0.5) is 0 Å². The van der Waals surface area contributed by atoms with E-state index < -0.39 is 5.97 Å². The van der Waals surface area contributed by atoms with E-state index in [0.29, 0.717) is 48.5 Å². The van der Waals surface area contributed by atoms with E-state index in [2.05, 4.69) is 5.32 Å². The van der Waals surface area contributed by atoms with E-state index in [-0.39, 0.29) is 29.9 Å². The highest BCUT2D eigenvalue weighted by molar-refractivity contribution is 5.96. The Balaban J connectivity index is 1.84. The van der Waals surface area contributed by atoms with Gasteiger partial charge in [-0.2, -0.15) is 0 Å². The average Bonchev–Trinajstić information content (AvgIpc) is 2.84. The van der Waals surface area contributed by atoms with Gasteiger partial charge >= 0.3 is 11.9 Å². The van der Waals surface area contributed by atoms with E-state index in [1.54, 1.807) is 31.4 Å². The van der Waals surface area contributed by atoms with Crippen molar-refractivity contribution in [3.8, 4) is 11.5 Å². The predicted octanol–water partition coefficient (Wildman–Crippen LogP) is 3.88. The number of benzene rings is 2. The molecule has 3 atom stereocenters. The first kappa shape index (κ1) is 25.1. The van der Waals surface area contributed by atoms with Crippen LogP contribution in [0, 0.1) is 0 Å². The molecular formula is C26H31NO7. The summed E-state index contributed by atoms with van der Waals surface area (Å²) in [6, 6.07) is 11.9. The van der Waals surface area contributed by atoms with Crippen LogP contribution < -0.4 is 14.8 Å². The highest BCUT2D eigenvalue weighted by Crippen LogP contribution is 2.38. The molecule has 0 heterocycles. The molecule has 1 aliphatic carbocycles. The van der Waals surface area contributed by atoms with E-state index in [1.807, 2.05) is 25.1 Å². The highest BCUT2D eigenvalue weighted by Gasteiger charge is 2.34. The molecule has 1 amide bonds. The molecule has 3 rings (SSSR count). The number of carbonyl (C=O) groups excluding carboxylic acids is 3. The summed E-state index contributed by atoms with van der Waals surface area (Å²) in [5.41, 5.74) is 1.78. The van der Waals surface area contributed by atoms with Gasteiger partial charge in [0.2, 0.25) is 0 Å². The van der Waals surface area contributed by atoms with Crippen molar-refractivity contribution in [3.05, 3.63) is 59.2 Å². The molecule has 0 spiro atoms. The van der Waals surface area contributed by atoms with Crippen LogP contribution in [-0.4, -0.2) is 50.8 Å². The van der Waals surface area contributed by atoms with Crippen LogP contribution in [0.3, 0.4) is 0 Å². The maximum atomic E-state index is 13.0. The summed E-state index contributed by atoms with van der Waals surface area (Å²) in [6.45, 7) is 3.79. The summed E-state index contributed by atoms with van der Waals surface area (Å²) in [5.74, 6) is 0.143. The van der Waals surface area contributed by atoms with Crippen molar-refractivity contribution in [2.24, 2.45) is 0 Å². The first-order chi connectivity index (χ1) is 16.4. The molecule has 0 saturated heterocycles. The molecule has 1 aliphatic rings. The number of ether oxygens (including phenoxy) is 4. The lowest BCUT2D eigenvalue weighted by Crippen LogP contribution is -2.44. The smallest absolute Gasteiger partial charge is 0.337 e. The largest absolute Gasteiger partial charge is 0.493 e. The average molecular weight is 470 g/mol. The van der Waals surface area contributed by atoms with E-state index in [0.717, 1.165) is 5.56 Å². The number of carbonyl (C=O) groups is 3. The quantitative estimate of drug-likeness (QED) is 0.586. The molecule has 34 heavy (non-hydrogen) atoms. The molecule has 0 aliphatic heterocycles. The Morgan fingerprint density at radius 3 is 2.29 bits per heavy atom. The summed E-state index contributed by atoms with van der Waals surface area (Å²) in [4.78, 5) is 36.2. The first-order valence-corrected chi connectivity index (χ1v) is 11.3. The minimum atomic E-state index is -0.458. The van der Waals surface area contributed by atoms with Crippen LogP contribution in [0.15, 0.2) is 42.5 Å². The molecule has 0 radical (unpaired) electrons. The van der Waals surface area contributed by atoms with E-state index >= 15 is 0 Å². The second-order valence-corrected chi connectivity index (χ2v) is 8.14. The predicted molar refractivity (Wildman–Crippen MR) is 125 cm³/mol. The molecule has 2 aromatic carbocycles. The SMILES string of the molecule is CCOc1cc(C2CC(OC(C)=O)CCC2NC(=O)c2ccc(C(=O)OC)cc2)ccc1OC. The van der Waals surface area contributed by atoms with Gasteiger partial charge in [0.1, 0.15) is 6.10 Å². The third-order valence-electron chi connectivity index (χ3n) is 5.94. The zero-order valence-electron chi connectivity index (χ0n) is 20.0. The van der Waals surface area contributed by atoms with E-state index in [1.165, 1.54) is 14.0 Å². The number of hydrogen-bond acceptors (Lipinski definition) is 7. The van der Waals surface area contributed by atoms with Gasteiger partial charge in [-0.05, 0) is 68.1 Å². The highest BCUT2D eigenvalue weighted by atomic mass is 16.5.